The average molecular weight is 428 g/mol. The summed E-state index contributed by atoms with van der Waals surface area (Å²) in [6.07, 6.45) is 2.38. The van der Waals surface area contributed by atoms with Gasteiger partial charge in [0, 0.05) is 22.6 Å². The first kappa shape index (κ1) is 22.7. The summed E-state index contributed by atoms with van der Waals surface area (Å²) < 4.78 is 11.8. The highest BCUT2D eigenvalue weighted by Crippen LogP contribution is 2.45. The third kappa shape index (κ3) is 5.19. The summed E-state index contributed by atoms with van der Waals surface area (Å²) in [4.78, 5) is 13.0. The van der Waals surface area contributed by atoms with E-state index < -0.39 is 0 Å². The highest BCUT2D eigenvalue weighted by molar-refractivity contribution is 7.99. The molecule has 0 saturated carbocycles. The first-order chi connectivity index (χ1) is 14.5. The number of carbonyl (C=O) groups excluding carboxylic acids is 1. The van der Waals surface area contributed by atoms with E-state index in [0.717, 1.165) is 30.1 Å². The molecule has 3 rings (SSSR count). The lowest BCUT2D eigenvalue weighted by Gasteiger charge is -2.36. The summed E-state index contributed by atoms with van der Waals surface area (Å²) in [6, 6.07) is 14.8. The molecule has 0 aliphatic carbocycles. The molecule has 1 heterocycles. The highest BCUT2D eigenvalue weighted by atomic mass is 32.2. The third-order valence-electron chi connectivity index (χ3n) is 5.71. The average Bonchev–Trinajstić information content (AvgIpc) is 2.91. The van der Waals surface area contributed by atoms with Crippen LogP contribution in [-0.2, 0) is 4.79 Å². The fraction of sp³-hybridized carbons (Fsp3) is 0.480. The molecular formula is C25H33NO3S. The largest absolute Gasteiger partial charge is 0.490 e. The summed E-state index contributed by atoms with van der Waals surface area (Å²) >= 11 is 1.85. The van der Waals surface area contributed by atoms with Crippen LogP contribution in [0.25, 0.3) is 0 Å². The van der Waals surface area contributed by atoms with E-state index in [1.165, 1.54) is 16.0 Å². The lowest BCUT2D eigenvalue weighted by atomic mass is 9.88. The monoisotopic (exact) mass is 427 g/mol. The van der Waals surface area contributed by atoms with E-state index >= 15 is 0 Å². The van der Waals surface area contributed by atoms with Crippen LogP contribution in [0.1, 0.15) is 64.1 Å². The van der Waals surface area contributed by atoms with Gasteiger partial charge in [-0.05, 0) is 56.9 Å². The van der Waals surface area contributed by atoms with Crippen molar-refractivity contribution < 1.29 is 14.3 Å². The topological polar surface area (TPSA) is 47.6 Å². The van der Waals surface area contributed by atoms with E-state index in [0.29, 0.717) is 19.6 Å². The van der Waals surface area contributed by atoms with Crippen LogP contribution in [0, 0.1) is 0 Å². The third-order valence-corrected chi connectivity index (χ3v) is 7.07. The molecule has 0 unspecified atom stereocenters. The minimum absolute atomic E-state index is 0.0259. The van der Waals surface area contributed by atoms with Crippen molar-refractivity contribution in [2.45, 2.75) is 63.4 Å². The number of rotatable bonds is 9. The van der Waals surface area contributed by atoms with Crippen LogP contribution in [0.2, 0.25) is 0 Å². The van der Waals surface area contributed by atoms with Gasteiger partial charge in [0.15, 0.2) is 11.5 Å². The van der Waals surface area contributed by atoms with E-state index in [2.05, 4.69) is 48.6 Å². The smallest absolute Gasteiger partial charge is 0.162 e. The lowest BCUT2D eigenvalue weighted by Crippen LogP contribution is -2.48. The first-order valence-electron chi connectivity index (χ1n) is 10.9. The van der Waals surface area contributed by atoms with Gasteiger partial charge in [0.2, 0.25) is 0 Å². The Hall–Kier alpha value is -1.98. The summed E-state index contributed by atoms with van der Waals surface area (Å²) in [5, 5.41) is 3.96. The quantitative estimate of drug-likeness (QED) is 0.549. The Kier molecular flexibility index (Phi) is 7.84. The molecule has 1 N–H and O–H groups in total. The summed E-state index contributed by atoms with van der Waals surface area (Å²) in [6.45, 7) is 9.07. The number of hydrogen-bond acceptors (Lipinski definition) is 5. The Morgan fingerprint density at radius 3 is 2.37 bits per heavy atom. The van der Waals surface area contributed by atoms with Crippen LogP contribution in [0.3, 0.4) is 0 Å². The molecule has 2 aromatic carbocycles. The number of fused-ring (bicyclic) bond motifs is 1. The molecular weight excluding hydrogens is 394 g/mol. The molecule has 5 heteroatoms. The maximum Gasteiger partial charge on any atom is 0.162 e. The van der Waals surface area contributed by atoms with Crippen molar-refractivity contribution >= 4 is 17.5 Å². The van der Waals surface area contributed by atoms with Gasteiger partial charge in [-0.3, -0.25) is 5.32 Å². The van der Waals surface area contributed by atoms with Gasteiger partial charge in [-0.2, -0.15) is 0 Å². The van der Waals surface area contributed by atoms with Crippen LogP contribution in [-0.4, -0.2) is 30.3 Å². The SMILES string of the molecule is CCOc1cc2c(cc1OCC)[C@H](c1ccccc1)N[C@@](CC)(CCC(C)=O)CS2. The van der Waals surface area contributed by atoms with Crippen LogP contribution in [0.15, 0.2) is 47.4 Å². The Balaban J connectivity index is 2.10. The number of benzene rings is 2. The summed E-state index contributed by atoms with van der Waals surface area (Å²) in [5.74, 6) is 2.73. The van der Waals surface area contributed by atoms with E-state index in [9.17, 15) is 4.79 Å². The molecule has 2 atom stereocenters. The normalized spacial score (nSPS) is 20.9. The standard InChI is InChI=1S/C25H33NO3S/c1-5-25(14-13-18(4)27)17-30-23-16-22(29-7-3)21(28-6-2)15-20(23)24(26-25)19-11-9-8-10-12-19/h8-12,15-16,24,26H,5-7,13-14,17H2,1-4H3/t24-,25-/m0/s1. The fourth-order valence-electron chi connectivity index (χ4n) is 3.93. The molecule has 2 aromatic rings. The van der Waals surface area contributed by atoms with Gasteiger partial charge in [0.05, 0.1) is 19.3 Å². The van der Waals surface area contributed by atoms with Crippen LogP contribution in [0.5, 0.6) is 11.5 Å². The Morgan fingerprint density at radius 1 is 1.10 bits per heavy atom. The molecule has 0 fully saturated rings. The van der Waals surface area contributed by atoms with Crippen LogP contribution in [0.4, 0.5) is 0 Å². The minimum atomic E-state index is -0.118. The lowest BCUT2D eigenvalue weighted by molar-refractivity contribution is -0.117. The zero-order chi connectivity index (χ0) is 21.6. The fourth-order valence-corrected chi connectivity index (χ4v) is 5.33. The molecule has 4 nitrogen and oxygen atoms in total. The molecule has 0 radical (unpaired) electrons. The zero-order valence-electron chi connectivity index (χ0n) is 18.5. The van der Waals surface area contributed by atoms with E-state index in [4.69, 9.17) is 9.47 Å². The summed E-state index contributed by atoms with van der Waals surface area (Å²) in [7, 11) is 0. The molecule has 0 aromatic heterocycles. The predicted molar refractivity (Wildman–Crippen MR) is 124 cm³/mol. The van der Waals surface area contributed by atoms with Crippen molar-refractivity contribution in [1.82, 2.24) is 5.32 Å². The number of ketones is 1. The molecule has 30 heavy (non-hydrogen) atoms. The molecule has 0 spiro atoms. The van der Waals surface area contributed by atoms with Crippen molar-refractivity contribution in [2.75, 3.05) is 19.0 Å². The molecule has 1 aliphatic rings. The Morgan fingerprint density at radius 2 is 1.77 bits per heavy atom. The summed E-state index contributed by atoms with van der Waals surface area (Å²) in [5.41, 5.74) is 2.30. The van der Waals surface area contributed by atoms with Gasteiger partial charge in [0.25, 0.3) is 0 Å². The Labute approximate surface area is 184 Å². The molecule has 1 aliphatic heterocycles. The number of carbonyl (C=O) groups is 1. The van der Waals surface area contributed by atoms with Gasteiger partial charge in [-0.15, -0.1) is 11.8 Å². The molecule has 0 bridgehead atoms. The van der Waals surface area contributed by atoms with Crippen molar-refractivity contribution in [3.8, 4) is 11.5 Å². The van der Waals surface area contributed by atoms with E-state index in [1.54, 1.807) is 6.92 Å². The van der Waals surface area contributed by atoms with Crippen molar-refractivity contribution in [2.24, 2.45) is 0 Å². The first-order valence-corrected chi connectivity index (χ1v) is 11.9. The second-order valence-electron chi connectivity index (χ2n) is 7.82. The number of ether oxygens (including phenoxy) is 2. The van der Waals surface area contributed by atoms with Crippen LogP contribution < -0.4 is 14.8 Å². The minimum Gasteiger partial charge on any atom is -0.490 e. The van der Waals surface area contributed by atoms with Gasteiger partial charge < -0.3 is 14.3 Å². The van der Waals surface area contributed by atoms with Gasteiger partial charge in [-0.25, -0.2) is 0 Å². The maximum atomic E-state index is 11.8. The second kappa shape index (κ2) is 10.4. The maximum absolute atomic E-state index is 11.8. The van der Waals surface area contributed by atoms with Gasteiger partial charge in [0.1, 0.15) is 5.78 Å². The zero-order valence-corrected chi connectivity index (χ0v) is 19.3. The molecule has 162 valence electrons. The van der Waals surface area contributed by atoms with E-state index in [1.807, 2.05) is 31.7 Å². The van der Waals surface area contributed by atoms with E-state index in [-0.39, 0.29) is 17.4 Å². The Bertz CT molecular complexity index is 855. The van der Waals surface area contributed by atoms with Crippen molar-refractivity contribution in [3.05, 3.63) is 53.6 Å². The van der Waals surface area contributed by atoms with Gasteiger partial charge >= 0.3 is 0 Å². The number of thioether (sulfide) groups is 1. The molecule has 0 saturated heterocycles. The molecule has 0 amide bonds. The number of hydrogen-bond donors (Lipinski definition) is 1. The van der Waals surface area contributed by atoms with Crippen molar-refractivity contribution in [1.29, 1.82) is 0 Å². The predicted octanol–water partition coefficient (Wildman–Crippen LogP) is 5.79. The van der Waals surface area contributed by atoms with Crippen molar-refractivity contribution in [3.63, 3.8) is 0 Å². The highest BCUT2D eigenvalue weighted by Gasteiger charge is 2.36. The number of Topliss-reactive ketones (excluding diaryl/α,β-unsaturated/α-hetero) is 1. The van der Waals surface area contributed by atoms with Crippen LogP contribution >= 0.6 is 11.8 Å². The number of nitrogens with one attached hydrogen (secondary N) is 1. The second-order valence-corrected chi connectivity index (χ2v) is 8.83. The van der Waals surface area contributed by atoms with Gasteiger partial charge in [-0.1, -0.05) is 37.3 Å².